The summed E-state index contributed by atoms with van der Waals surface area (Å²) in [7, 11) is 0. The van der Waals surface area contributed by atoms with Crippen LogP contribution in [-0.4, -0.2) is 38.8 Å². The molecule has 1 aromatic heterocycles. The van der Waals surface area contributed by atoms with Crippen LogP contribution in [0.1, 0.15) is 40.4 Å². The Morgan fingerprint density at radius 2 is 2.28 bits per heavy atom. The third-order valence-electron chi connectivity index (χ3n) is 2.70. The lowest BCUT2D eigenvalue weighted by molar-refractivity contribution is 0.0558. The van der Waals surface area contributed by atoms with Crippen molar-refractivity contribution in [1.29, 1.82) is 0 Å². The number of carbonyl (C=O) groups excluding carboxylic acids is 2. The largest absolute Gasteiger partial charge is 0.389 e. The van der Waals surface area contributed by atoms with E-state index in [-0.39, 0.29) is 18.1 Å². The van der Waals surface area contributed by atoms with Crippen molar-refractivity contribution in [3.05, 3.63) is 17.0 Å². The maximum Gasteiger partial charge on any atom is 0.269 e. The first-order valence-electron chi connectivity index (χ1n) is 5.69. The van der Waals surface area contributed by atoms with Gasteiger partial charge in [-0.3, -0.25) is 14.3 Å². The van der Waals surface area contributed by atoms with Crippen LogP contribution >= 0.6 is 0 Å². The van der Waals surface area contributed by atoms with Gasteiger partial charge in [0.05, 0.1) is 12.1 Å². The number of amides is 2. The van der Waals surface area contributed by atoms with Crippen molar-refractivity contribution in [2.45, 2.75) is 32.4 Å². The summed E-state index contributed by atoms with van der Waals surface area (Å²) >= 11 is 0. The van der Waals surface area contributed by atoms with Gasteiger partial charge in [0, 0.05) is 12.1 Å². The summed E-state index contributed by atoms with van der Waals surface area (Å²) in [5, 5.41) is 16.5. The molecule has 1 aliphatic rings. The predicted octanol–water partition coefficient (Wildman–Crippen LogP) is -0.961. The zero-order chi connectivity index (χ0) is 13.5. The molecule has 0 radical (unpaired) electrons. The van der Waals surface area contributed by atoms with Crippen molar-refractivity contribution in [1.82, 2.24) is 15.1 Å². The van der Waals surface area contributed by atoms with Gasteiger partial charge in [-0.2, -0.15) is 5.10 Å². The van der Waals surface area contributed by atoms with Crippen LogP contribution in [0.25, 0.3) is 0 Å². The van der Waals surface area contributed by atoms with Crippen molar-refractivity contribution >= 4 is 11.8 Å². The Bertz CT molecular complexity index is 513. The smallest absolute Gasteiger partial charge is 0.269 e. The number of carbonyl (C=O) groups is 2. The Morgan fingerprint density at radius 1 is 1.61 bits per heavy atom. The number of nitrogens with zero attached hydrogens (tertiary/aromatic N) is 2. The molecule has 0 saturated carbocycles. The molecule has 0 atom stereocenters. The van der Waals surface area contributed by atoms with E-state index < -0.39 is 11.5 Å². The molecule has 4 N–H and O–H groups in total. The number of rotatable bonds is 3. The lowest BCUT2D eigenvalue weighted by Crippen LogP contribution is -2.36. The molecule has 0 fully saturated rings. The van der Waals surface area contributed by atoms with Gasteiger partial charge in [-0.25, -0.2) is 0 Å². The lowest BCUT2D eigenvalue weighted by Gasteiger charge is -2.20. The molecule has 0 aliphatic carbocycles. The monoisotopic (exact) mass is 252 g/mol. The molecule has 1 aliphatic heterocycles. The topological polar surface area (TPSA) is 110 Å². The molecular formula is C11H16N4O3. The average molecular weight is 252 g/mol. The second-order valence-corrected chi connectivity index (χ2v) is 5.02. The van der Waals surface area contributed by atoms with Crippen molar-refractivity contribution in [2.75, 3.05) is 6.54 Å². The normalized spacial score (nSPS) is 15.2. The molecule has 1 aromatic rings. The van der Waals surface area contributed by atoms with Crippen molar-refractivity contribution in [3.8, 4) is 0 Å². The summed E-state index contributed by atoms with van der Waals surface area (Å²) in [6.45, 7) is 3.79. The summed E-state index contributed by atoms with van der Waals surface area (Å²) in [6.07, 6.45) is 0.519. The highest BCUT2D eigenvalue weighted by molar-refractivity contribution is 6.00. The Balaban J connectivity index is 2.53. The zero-order valence-electron chi connectivity index (χ0n) is 10.4. The summed E-state index contributed by atoms with van der Waals surface area (Å²) in [6, 6.07) is 0. The fourth-order valence-corrected chi connectivity index (χ4v) is 2.05. The van der Waals surface area contributed by atoms with Crippen LogP contribution in [0, 0.1) is 0 Å². The number of hydrogen-bond donors (Lipinski definition) is 3. The van der Waals surface area contributed by atoms with Gasteiger partial charge >= 0.3 is 0 Å². The average Bonchev–Trinajstić information content (AvgIpc) is 2.56. The number of hydrogen-bond acceptors (Lipinski definition) is 4. The highest BCUT2D eigenvalue weighted by Crippen LogP contribution is 2.20. The van der Waals surface area contributed by atoms with Gasteiger partial charge in [0.25, 0.3) is 11.8 Å². The van der Waals surface area contributed by atoms with Crippen molar-refractivity contribution in [3.63, 3.8) is 0 Å². The molecule has 2 heterocycles. The molecule has 0 bridgehead atoms. The zero-order valence-corrected chi connectivity index (χ0v) is 10.4. The van der Waals surface area contributed by atoms with Crippen LogP contribution in [0.5, 0.6) is 0 Å². The SMILES string of the molecule is CC(C)(O)Cn1nc(C(N)=O)c2c1C(=O)NCC2. The van der Waals surface area contributed by atoms with Crippen LogP contribution < -0.4 is 11.1 Å². The third kappa shape index (κ3) is 2.21. The minimum absolute atomic E-state index is 0.115. The summed E-state index contributed by atoms with van der Waals surface area (Å²) in [4.78, 5) is 23.1. The van der Waals surface area contributed by atoms with Crippen molar-refractivity contribution in [2.24, 2.45) is 5.73 Å². The van der Waals surface area contributed by atoms with E-state index in [2.05, 4.69) is 10.4 Å². The predicted molar refractivity (Wildman–Crippen MR) is 63.1 cm³/mol. The maximum atomic E-state index is 11.8. The first-order chi connectivity index (χ1) is 8.29. The molecule has 0 saturated heterocycles. The van der Waals surface area contributed by atoms with E-state index in [1.165, 1.54) is 4.68 Å². The van der Waals surface area contributed by atoms with Crippen LogP contribution in [0.2, 0.25) is 0 Å². The van der Waals surface area contributed by atoms with Crippen LogP contribution in [-0.2, 0) is 13.0 Å². The van der Waals surface area contributed by atoms with Crippen LogP contribution in [0.4, 0.5) is 0 Å². The van der Waals surface area contributed by atoms with E-state index in [0.29, 0.717) is 24.2 Å². The Labute approximate surface area is 104 Å². The first kappa shape index (κ1) is 12.6. The molecule has 18 heavy (non-hydrogen) atoms. The van der Waals surface area contributed by atoms with E-state index >= 15 is 0 Å². The molecule has 7 nitrogen and oxygen atoms in total. The number of nitrogens with one attached hydrogen (secondary N) is 1. The fourth-order valence-electron chi connectivity index (χ4n) is 2.05. The first-order valence-corrected chi connectivity index (χ1v) is 5.69. The highest BCUT2D eigenvalue weighted by Gasteiger charge is 2.30. The quantitative estimate of drug-likeness (QED) is 0.643. The fraction of sp³-hybridized carbons (Fsp3) is 0.545. The van der Waals surface area contributed by atoms with Gasteiger partial charge in [-0.1, -0.05) is 0 Å². The van der Waals surface area contributed by atoms with Gasteiger partial charge in [-0.15, -0.1) is 0 Å². The van der Waals surface area contributed by atoms with Gasteiger partial charge in [-0.05, 0) is 20.3 Å². The molecule has 98 valence electrons. The third-order valence-corrected chi connectivity index (χ3v) is 2.70. The van der Waals surface area contributed by atoms with Gasteiger partial charge in [0.2, 0.25) is 0 Å². The Kier molecular flexibility index (Phi) is 2.86. The van der Waals surface area contributed by atoms with E-state index in [1.807, 2.05) is 0 Å². The summed E-state index contributed by atoms with van der Waals surface area (Å²) < 4.78 is 1.35. The minimum Gasteiger partial charge on any atom is -0.389 e. The number of aliphatic hydroxyl groups is 1. The molecule has 0 spiro atoms. The molecule has 7 heteroatoms. The maximum absolute atomic E-state index is 11.8. The Morgan fingerprint density at radius 3 is 2.83 bits per heavy atom. The van der Waals surface area contributed by atoms with Crippen molar-refractivity contribution < 1.29 is 14.7 Å². The van der Waals surface area contributed by atoms with E-state index in [4.69, 9.17) is 5.73 Å². The summed E-state index contributed by atoms with van der Waals surface area (Å²) in [5.74, 6) is -0.948. The molecule has 2 rings (SSSR count). The molecular weight excluding hydrogens is 236 g/mol. The second kappa shape index (κ2) is 4.09. The van der Waals surface area contributed by atoms with Gasteiger partial charge in [0.1, 0.15) is 5.69 Å². The number of aromatic nitrogens is 2. The van der Waals surface area contributed by atoms with Gasteiger partial charge < -0.3 is 16.2 Å². The standard InChI is InChI=1S/C11H16N4O3/c1-11(2,18)5-15-8-6(3-4-13-10(8)17)7(14-15)9(12)16/h18H,3-5H2,1-2H3,(H2,12,16)(H,13,17). The lowest BCUT2D eigenvalue weighted by atomic mass is 10.0. The molecule has 0 unspecified atom stereocenters. The Hall–Kier alpha value is -1.89. The van der Waals surface area contributed by atoms with Gasteiger partial charge in [0.15, 0.2) is 5.69 Å². The van der Waals surface area contributed by atoms with E-state index in [1.54, 1.807) is 13.8 Å². The second-order valence-electron chi connectivity index (χ2n) is 5.02. The molecule has 0 aromatic carbocycles. The number of fused-ring (bicyclic) bond motifs is 1. The number of nitrogens with two attached hydrogens (primary N) is 1. The number of primary amides is 1. The van der Waals surface area contributed by atoms with Crippen LogP contribution in [0.3, 0.4) is 0 Å². The van der Waals surface area contributed by atoms with E-state index in [9.17, 15) is 14.7 Å². The molecule has 2 amide bonds. The van der Waals surface area contributed by atoms with Crippen LogP contribution in [0.15, 0.2) is 0 Å². The summed E-state index contributed by atoms with van der Waals surface area (Å²) in [5.41, 5.74) is 5.21. The minimum atomic E-state index is -1.04. The highest BCUT2D eigenvalue weighted by atomic mass is 16.3. The van der Waals surface area contributed by atoms with E-state index in [0.717, 1.165) is 0 Å².